The first-order valence-electron chi connectivity index (χ1n) is 6.73. The predicted molar refractivity (Wildman–Crippen MR) is 75.0 cm³/mol. The molecule has 0 aliphatic heterocycles. The Hall–Kier alpha value is -1.08. The summed E-state index contributed by atoms with van der Waals surface area (Å²) < 4.78 is 0. The van der Waals surface area contributed by atoms with Gasteiger partial charge < -0.3 is 5.11 Å². The fourth-order valence-corrected chi connectivity index (χ4v) is 1.83. The van der Waals surface area contributed by atoms with Crippen molar-refractivity contribution in [1.82, 2.24) is 0 Å². The fourth-order valence-electron chi connectivity index (χ4n) is 1.83. The van der Waals surface area contributed by atoms with Gasteiger partial charge >= 0.3 is 0 Å². The zero-order valence-corrected chi connectivity index (χ0v) is 10.9. The van der Waals surface area contributed by atoms with Gasteiger partial charge in [-0.1, -0.05) is 62.6 Å². The van der Waals surface area contributed by atoms with E-state index in [0.717, 1.165) is 6.42 Å². The summed E-state index contributed by atoms with van der Waals surface area (Å²) >= 11 is 0. The molecule has 0 aromatic heterocycles. The number of unbranched alkanes of at least 4 members (excludes halogenated alkanes) is 4. The van der Waals surface area contributed by atoms with Crippen molar-refractivity contribution in [2.24, 2.45) is 0 Å². The van der Waals surface area contributed by atoms with Gasteiger partial charge in [0.1, 0.15) is 0 Å². The van der Waals surface area contributed by atoms with Crippen LogP contribution >= 0.6 is 0 Å². The highest BCUT2D eigenvalue weighted by Crippen LogP contribution is 2.09. The highest BCUT2D eigenvalue weighted by atomic mass is 16.2. The van der Waals surface area contributed by atoms with Crippen molar-refractivity contribution in [2.45, 2.75) is 45.4 Å². The highest BCUT2D eigenvalue weighted by molar-refractivity contribution is 5.49. The predicted octanol–water partition coefficient (Wildman–Crippen LogP) is 4.21. The molecule has 94 valence electrons. The topological polar surface area (TPSA) is 20.2 Å². The second kappa shape index (κ2) is 9.00. The van der Waals surface area contributed by atoms with Crippen molar-refractivity contribution in [3.8, 4) is 0 Å². The Labute approximate surface area is 105 Å². The highest BCUT2D eigenvalue weighted by Gasteiger charge is 1.91. The van der Waals surface area contributed by atoms with Gasteiger partial charge in [-0.15, -0.1) is 0 Å². The van der Waals surface area contributed by atoms with Crippen molar-refractivity contribution < 1.29 is 5.11 Å². The average Bonchev–Trinajstić information content (AvgIpc) is 2.36. The van der Waals surface area contributed by atoms with Gasteiger partial charge in [0.15, 0.2) is 0 Å². The quantitative estimate of drug-likeness (QED) is 0.666. The molecule has 0 spiro atoms. The van der Waals surface area contributed by atoms with Crippen LogP contribution in [0.2, 0.25) is 0 Å². The molecule has 0 aliphatic carbocycles. The van der Waals surface area contributed by atoms with Crippen LogP contribution in [-0.4, -0.2) is 11.7 Å². The van der Waals surface area contributed by atoms with Crippen LogP contribution in [-0.2, 0) is 6.42 Å². The second-order valence-corrected chi connectivity index (χ2v) is 4.47. The van der Waals surface area contributed by atoms with Gasteiger partial charge in [0.2, 0.25) is 0 Å². The van der Waals surface area contributed by atoms with E-state index in [1.165, 1.54) is 43.2 Å². The first kappa shape index (κ1) is 14.0. The summed E-state index contributed by atoms with van der Waals surface area (Å²) in [5.74, 6) is 0. The molecular formula is C16H24O. The number of aliphatic hydroxyl groups is 1. The number of hydrogen-bond donors (Lipinski definition) is 1. The third-order valence-corrected chi connectivity index (χ3v) is 2.91. The normalized spacial score (nSPS) is 11.2. The summed E-state index contributed by atoms with van der Waals surface area (Å²) in [5.41, 5.74) is 2.45. The Morgan fingerprint density at radius 1 is 1.06 bits per heavy atom. The van der Waals surface area contributed by atoms with E-state index < -0.39 is 0 Å². The van der Waals surface area contributed by atoms with Crippen LogP contribution in [0.3, 0.4) is 0 Å². The van der Waals surface area contributed by atoms with Crippen LogP contribution in [0.15, 0.2) is 30.3 Å². The average molecular weight is 232 g/mol. The first-order valence-corrected chi connectivity index (χ1v) is 6.73. The van der Waals surface area contributed by atoms with E-state index in [0.29, 0.717) is 0 Å². The summed E-state index contributed by atoms with van der Waals surface area (Å²) in [6, 6.07) is 8.42. The molecule has 1 aromatic carbocycles. The van der Waals surface area contributed by atoms with E-state index >= 15 is 0 Å². The molecule has 0 fully saturated rings. The van der Waals surface area contributed by atoms with Gasteiger partial charge in [-0.3, -0.25) is 0 Å². The van der Waals surface area contributed by atoms with Crippen molar-refractivity contribution in [1.29, 1.82) is 0 Å². The Kier molecular flexibility index (Phi) is 7.40. The molecule has 0 amide bonds. The van der Waals surface area contributed by atoms with Gasteiger partial charge in [-0.25, -0.2) is 0 Å². The Morgan fingerprint density at radius 2 is 1.82 bits per heavy atom. The minimum absolute atomic E-state index is 0.229. The van der Waals surface area contributed by atoms with E-state index in [1.54, 1.807) is 0 Å². The van der Waals surface area contributed by atoms with Crippen molar-refractivity contribution in [3.05, 3.63) is 41.5 Å². The maximum Gasteiger partial charge on any atom is 0.0471 e. The molecule has 0 saturated heterocycles. The van der Waals surface area contributed by atoms with E-state index in [9.17, 15) is 0 Å². The molecule has 1 nitrogen and oxygen atoms in total. The summed E-state index contributed by atoms with van der Waals surface area (Å²) in [6.45, 7) is 2.47. The smallest absolute Gasteiger partial charge is 0.0471 e. The van der Waals surface area contributed by atoms with E-state index in [2.05, 4.69) is 43.3 Å². The van der Waals surface area contributed by atoms with Gasteiger partial charge in [-0.05, 0) is 30.4 Å². The molecule has 0 atom stereocenters. The molecule has 0 unspecified atom stereocenters. The Bertz CT molecular complexity index is 311. The minimum Gasteiger partial charge on any atom is -0.396 e. The molecule has 0 heterocycles. The Balaban J connectivity index is 2.28. The molecule has 0 radical (unpaired) electrons. The largest absolute Gasteiger partial charge is 0.396 e. The van der Waals surface area contributed by atoms with Gasteiger partial charge in [0.05, 0.1) is 0 Å². The second-order valence-electron chi connectivity index (χ2n) is 4.47. The van der Waals surface area contributed by atoms with Crippen LogP contribution < -0.4 is 0 Å². The maximum absolute atomic E-state index is 8.82. The number of benzene rings is 1. The maximum atomic E-state index is 8.82. The SMILES string of the molecule is CCCCCCC=Cc1ccc(CCO)cc1. The van der Waals surface area contributed by atoms with E-state index in [4.69, 9.17) is 5.11 Å². The van der Waals surface area contributed by atoms with Crippen LogP contribution in [0.4, 0.5) is 0 Å². The Morgan fingerprint density at radius 3 is 2.47 bits per heavy atom. The molecule has 1 aromatic rings. The lowest BCUT2D eigenvalue weighted by molar-refractivity contribution is 0.299. The number of aliphatic hydroxyl groups excluding tert-OH is 1. The van der Waals surface area contributed by atoms with Crippen molar-refractivity contribution in [3.63, 3.8) is 0 Å². The van der Waals surface area contributed by atoms with Gasteiger partial charge in [0, 0.05) is 6.61 Å². The third-order valence-electron chi connectivity index (χ3n) is 2.91. The van der Waals surface area contributed by atoms with Gasteiger partial charge in [-0.2, -0.15) is 0 Å². The van der Waals surface area contributed by atoms with Gasteiger partial charge in [0.25, 0.3) is 0 Å². The number of allylic oxidation sites excluding steroid dienone is 1. The van der Waals surface area contributed by atoms with Crippen molar-refractivity contribution in [2.75, 3.05) is 6.61 Å². The molecule has 1 rings (SSSR count). The number of hydrogen-bond acceptors (Lipinski definition) is 1. The number of rotatable bonds is 8. The van der Waals surface area contributed by atoms with Crippen LogP contribution in [0, 0.1) is 0 Å². The summed E-state index contributed by atoms with van der Waals surface area (Å²) in [7, 11) is 0. The van der Waals surface area contributed by atoms with Crippen LogP contribution in [0.25, 0.3) is 6.08 Å². The van der Waals surface area contributed by atoms with Crippen LogP contribution in [0.1, 0.15) is 50.2 Å². The molecule has 17 heavy (non-hydrogen) atoms. The molecule has 0 saturated carbocycles. The first-order chi connectivity index (χ1) is 8.36. The lowest BCUT2D eigenvalue weighted by Gasteiger charge is -1.99. The lowest BCUT2D eigenvalue weighted by Crippen LogP contribution is -1.89. The van der Waals surface area contributed by atoms with E-state index in [-0.39, 0.29) is 6.61 Å². The zero-order chi connectivity index (χ0) is 12.3. The van der Waals surface area contributed by atoms with Crippen LogP contribution in [0.5, 0.6) is 0 Å². The monoisotopic (exact) mass is 232 g/mol. The summed E-state index contributed by atoms with van der Waals surface area (Å²) in [5, 5.41) is 8.82. The molecule has 0 bridgehead atoms. The minimum atomic E-state index is 0.229. The fraction of sp³-hybridized carbons (Fsp3) is 0.500. The van der Waals surface area contributed by atoms with Crippen molar-refractivity contribution >= 4 is 6.08 Å². The third kappa shape index (κ3) is 6.28. The molecule has 0 aliphatic rings. The molecular weight excluding hydrogens is 208 g/mol. The lowest BCUT2D eigenvalue weighted by atomic mass is 10.1. The summed E-state index contributed by atoms with van der Waals surface area (Å²) in [6.07, 6.45) is 11.7. The van der Waals surface area contributed by atoms with E-state index in [1.807, 2.05) is 0 Å². The molecule has 1 heteroatoms. The zero-order valence-electron chi connectivity index (χ0n) is 10.9. The molecule has 1 N–H and O–H groups in total. The standard InChI is InChI=1S/C16H24O/c1-2-3-4-5-6-7-8-15-9-11-16(12-10-15)13-14-17/h7-12,17H,2-6,13-14H2,1H3. The summed E-state index contributed by atoms with van der Waals surface area (Å²) in [4.78, 5) is 0.